The zero-order chi connectivity index (χ0) is 20.5. The molecule has 0 saturated heterocycles. The SMILES string of the molecule is CNC(=O)NC(=O)[C@H](Nc1ccc(OCc2ccccc2)cc1)c1ccccc1. The molecule has 0 radical (unpaired) electrons. The maximum atomic E-state index is 12.6. The van der Waals surface area contributed by atoms with E-state index in [0.29, 0.717) is 6.61 Å². The van der Waals surface area contributed by atoms with E-state index in [0.717, 1.165) is 22.6 Å². The van der Waals surface area contributed by atoms with E-state index < -0.39 is 18.0 Å². The monoisotopic (exact) mass is 389 g/mol. The van der Waals surface area contributed by atoms with Gasteiger partial charge in [-0.1, -0.05) is 60.7 Å². The van der Waals surface area contributed by atoms with Gasteiger partial charge in [0.2, 0.25) is 0 Å². The van der Waals surface area contributed by atoms with E-state index in [1.807, 2.05) is 84.9 Å². The van der Waals surface area contributed by atoms with Crippen molar-refractivity contribution in [3.8, 4) is 5.75 Å². The fourth-order valence-corrected chi connectivity index (χ4v) is 2.75. The van der Waals surface area contributed by atoms with E-state index in [-0.39, 0.29) is 0 Å². The molecule has 3 amide bonds. The summed E-state index contributed by atoms with van der Waals surface area (Å²) in [7, 11) is 1.46. The molecule has 1 atom stereocenters. The molecule has 0 bridgehead atoms. The van der Waals surface area contributed by atoms with Crippen LogP contribution in [0.3, 0.4) is 0 Å². The molecule has 0 heterocycles. The summed E-state index contributed by atoms with van der Waals surface area (Å²) < 4.78 is 5.79. The average molecular weight is 389 g/mol. The van der Waals surface area contributed by atoms with Gasteiger partial charge in [-0.05, 0) is 35.4 Å². The molecular formula is C23H23N3O3. The maximum absolute atomic E-state index is 12.6. The van der Waals surface area contributed by atoms with Crippen LogP contribution in [-0.4, -0.2) is 19.0 Å². The number of benzene rings is 3. The maximum Gasteiger partial charge on any atom is 0.321 e. The highest BCUT2D eigenvalue weighted by molar-refractivity contribution is 5.98. The highest BCUT2D eigenvalue weighted by Gasteiger charge is 2.22. The van der Waals surface area contributed by atoms with Gasteiger partial charge in [0.1, 0.15) is 18.4 Å². The summed E-state index contributed by atoms with van der Waals surface area (Å²) >= 11 is 0. The van der Waals surface area contributed by atoms with Gasteiger partial charge in [-0.25, -0.2) is 4.79 Å². The molecule has 0 aliphatic carbocycles. The molecule has 3 rings (SSSR count). The molecule has 3 N–H and O–H groups in total. The smallest absolute Gasteiger partial charge is 0.321 e. The van der Waals surface area contributed by atoms with E-state index in [4.69, 9.17) is 4.74 Å². The van der Waals surface area contributed by atoms with Crippen LogP contribution in [0, 0.1) is 0 Å². The van der Waals surface area contributed by atoms with Crippen molar-refractivity contribution in [3.63, 3.8) is 0 Å². The number of imide groups is 1. The third-order valence-electron chi connectivity index (χ3n) is 4.27. The van der Waals surface area contributed by atoms with Gasteiger partial charge in [-0.2, -0.15) is 0 Å². The Morgan fingerprint density at radius 3 is 2.10 bits per heavy atom. The molecule has 0 fully saturated rings. The van der Waals surface area contributed by atoms with Crippen molar-refractivity contribution in [2.24, 2.45) is 0 Å². The molecule has 0 unspecified atom stereocenters. The Hall–Kier alpha value is -3.80. The standard InChI is InChI=1S/C23H23N3O3/c1-24-23(28)26-22(27)21(18-10-6-3-7-11-18)25-19-12-14-20(15-13-19)29-16-17-8-4-2-5-9-17/h2-15,21,25H,16H2,1H3,(H2,24,26,27,28)/t21-/m1/s1. The molecule has 0 aromatic heterocycles. The Bertz CT molecular complexity index is 929. The van der Waals surface area contributed by atoms with Gasteiger partial charge in [0, 0.05) is 12.7 Å². The van der Waals surface area contributed by atoms with Crippen LogP contribution in [0.15, 0.2) is 84.9 Å². The number of nitrogens with one attached hydrogen (secondary N) is 3. The van der Waals surface area contributed by atoms with Gasteiger partial charge in [-0.15, -0.1) is 0 Å². The van der Waals surface area contributed by atoms with E-state index in [2.05, 4.69) is 16.0 Å². The van der Waals surface area contributed by atoms with Crippen LogP contribution in [0.1, 0.15) is 17.2 Å². The van der Waals surface area contributed by atoms with Crippen molar-refractivity contribution >= 4 is 17.6 Å². The average Bonchev–Trinajstić information content (AvgIpc) is 2.78. The highest BCUT2D eigenvalue weighted by atomic mass is 16.5. The first-order valence-corrected chi connectivity index (χ1v) is 9.26. The number of carbonyl (C=O) groups is 2. The molecule has 0 aliphatic rings. The van der Waals surface area contributed by atoms with Crippen molar-refractivity contribution in [2.45, 2.75) is 12.6 Å². The van der Waals surface area contributed by atoms with Gasteiger partial charge in [0.05, 0.1) is 0 Å². The van der Waals surface area contributed by atoms with Crippen LogP contribution >= 0.6 is 0 Å². The predicted molar refractivity (Wildman–Crippen MR) is 113 cm³/mol. The minimum absolute atomic E-state index is 0.444. The van der Waals surface area contributed by atoms with Crippen LogP contribution in [0.5, 0.6) is 5.75 Å². The fourth-order valence-electron chi connectivity index (χ4n) is 2.75. The number of rotatable bonds is 7. The molecule has 29 heavy (non-hydrogen) atoms. The Balaban J connectivity index is 1.68. The first-order chi connectivity index (χ1) is 14.2. The van der Waals surface area contributed by atoms with Crippen molar-refractivity contribution in [2.75, 3.05) is 12.4 Å². The number of amides is 3. The zero-order valence-corrected chi connectivity index (χ0v) is 16.1. The van der Waals surface area contributed by atoms with E-state index in [1.54, 1.807) is 0 Å². The first-order valence-electron chi connectivity index (χ1n) is 9.26. The summed E-state index contributed by atoms with van der Waals surface area (Å²) in [6, 6.07) is 25.2. The lowest BCUT2D eigenvalue weighted by Crippen LogP contribution is -2.42. The summed E-state index contributed by atoms with van der Waals surface area (Å²) in [4.78, 5) is 24.1. The normalized spacial score (nSPS) is 11.2. The summed E-state index contributed by atoms with van der Waals surface area (Å²) in [5, 5.41) is 7.89. The lowest BCUT2D eigenvalue weighted by atomic mass is 10.1. The lowest BCUT2D eigenvalue weighted by molar-refractivity contribution is -0.120. The Morgan fingerprint density at radius 1 is 0.862 bits per heavy atom. The lowest BCUT2D eigenvalue weighted by Gasteiger charge is -2.19. The number of ether oxygens (including phenoxy) is 1. The third-order valence-corrected chi connectivity index (χ3v) is 4.27. The quantitative estimate of drug-likeness (QED) is 0.573. The number of carbonyl (C=O) groups excluding carboxylic acids is 2. The molecule has 0 aliphatic heterocycles. The molecule has 6 nitrogen and oxygen atoms in total. The van der Waals surface area contributed by atoms with Crippen LogP contribution in [0.2, 0.25) is 0 Å². The Morgan fingerprint density at radius 2 is 1.48 bits per heavy atom. The molecule has 148 valence electrons. The van der Waals surface area contributed by atoms with Crippen LogP contribution in [0.25, 0.3) is 0 Å². The van der Waals surface area contributed by atoms with Crippen molar-refractivity contribution < 1.29 is 14.3 Å². The van der Waals surface area contributed by atoms with Gasteiger partial charge in [0.15, 0.2) is 0 Å². The van der Waals surface area contributed by atoms with Crippen LogP contribution in [-0.2, 0) is 11.4 Å². The number of hydrogen-bond acceptors (Lipinski definition) is 4. The molecular weight excluding hydrogens is 366 g/mol. The highest BCUT2D eigenvalue weighted by Crippen LogP contribution is 2.23. The van der Waals surface area contributed by atoms with Crippen molar-refractivity contribution in [1.82, 2.24) is 10.6 Å². The van der Waals surface area contributed by atoms with E-state index >= 15 is 0 Å². The van der Waals surface area contributed by atoms with Crippen LogP contribution in [0.4, 0.5) is 10.5 Å². The summed E-state index contributed by atoms with van der Waals surface area (Å²) in [5.74, 6) is 0.283. The number of urea groups is 1. The van der Waals surface area contributed by atoms with Gasteiger partial charge < -0.3 is 15.4 Å². The van der Waals surface area contributed by atoms with Gasteiger partial charge in [-0.3, -0.25) is 10.1 Å². The second kappa shape index (κ2) is 9.94. The summed E-state index contributed by atoms with van der Waals surface area (Å²) in [6.07, 6.45) is 0. The van der Waals surface area contributed by atoms with Crippen LogP contribution < -0.4 is 20.7 Å². The van der Waals surface area contributed by atoms with Crippen molar-refractivity contribution in [3.05, 3.63) is 96.1 Å². The van der Waals surface area contributed by atoms with Gasteiger partial charge >= 0.3 is 6.03 Å². The molecule has 3 aromatic carbocycles. The van der Waals surface area contributed by atoms with E-state index in [1.165, 1.54) is 7.05 Å². The molecule has 3 aromatic rings. The van der Waals surface area contributed by atoms with Crippen molar-refractivity contribution in [1.29, 1.82) is 0 Å². The molecule has 6 heteroatoms. The second-order valence-corrected chi connectivity index (χ2v) is 6.36. The predicted octanol–water partition coefficient (Wildman–Crippen LogP) is 3.87. The minimum Gasteiger partial charge on any atom is -0.489 e. The van der Waals surface area contributed by atoms with E-state index in [9.17, 15) is 9.59 Å². The largest absolute Gasteiger partial charge is 0.489 e. The topological polar surface area (TPSA) is 79.5 Å². The number of hydrogen-bond donors (Lipinski definition) is 3. The first kappa shape index (κ1) is 19.9. The Kier molecular flexibility index (Phi) is 6.84. The fraction of sp³-hybridized carbons (Fsp3) is 0.130. The second-order valence-electron chi connectivity index (χ2n) is 6.36. The molecule has 0 spiro atoms. The molecule has 0 saturated carbocycles. The number of anilines is 1. The summed E-state index contributed by atoms with van der Waals surface area (Å²) in [5.41, 5.74) is 2.57. The summed E-state index contributed by atoms with van der Waals surface area (Å²) in [6.45, 7) is 0.481. The third kappa shape index (κ3) is 5.84. The minimum atomic E-state index is -0.718. The Labute approximate surface area is 169 Å². The zero-order valence-electron chi connectivity index (χ0n) is 16.1. The van der Waals surface area contributed by atoms with Gasteiger partial charge in [0.25, 0.3) is 5.91 Å².